The molecule has 2 aliphatic rings. The van der Waals surface area contributed by atoms with E-state index in [9.17, 15) is 14.7 Å². The summed E-state index contributed by atoms with van der Waals surface area (Å²) in [6.07, 6.45) is 4.60. The van der Waals surface area contributed by atoms with Crippen LogP contribution in [0.4, 0.5) is 0 Å². The number of ether oxygens (including phenoxy) is 3. The summed E-state index contributed by atoms with van der Waals surface area (Å²) in [7, 11) is 1.62. The Morgan fingerprint density at radius 3 is 2.58 bits per heavy atom. The molecule has 2 aromatic rings. The highest BCUT2D eigenvalue weighted by Crippen LogP contribution is 2.29. The van der Waals surface area contributed by atoms with Gasteiger partial charge in [0.25, 0.3) is 0 Å². The average Bonchev–Trinajstić information content (AvgIpc) is 3.26. The molecule has 0 unspecified atom stereocenters. The molecular weight excluding hydrogens is 510 g/mol. The summed E-state index contributed by atoms with van der Waals surface area (Å²) in [6, 6.07) is 15.3. The summed E-state index contributed by atoms with van der Waals surface area (Å²) in [5.41, 5.74) is -0.207. The first kappa shape index (κ1) is 29.7. The van der Waals surface area contributed by atoms with Gasteiger partial charge in [0.05, 0.1) is 20.3 Å². The molecule has 2 heterocycles. The predicted molar refractivity (Wildman–Crippen MR) is 153 cm³/mol. The SMILES string of the molecule is COc1cc(CN2CCN(C(C)=O)C[C@](O)(COc3ccccc3)C2)ccc1OCCCN1CCCCCC1=O. The second-order valence-electron chi connectivity index (χ2n) is 10.9. The Morgan fingerprint density at radius 2 is 1.80 bits per heavy atom. The van der Waals surface area contributed by atoms with Crippen LogP contribution in [0.15, 0.2) is 48.5 Å². The molecule has 9 heteroatoms. The molecule has 2 amide bonds. The second kappa shape index (κ2) is 14.4. The molecule has 0 saturated carbocycles. The molecule has 2 aliphatic heterocycles. The first-order valence-electron chi connectivity index (χ1n) is 14.3. The molecule has 0 bridgehead atoms. The van der Waals surface area contributed by atoms with Crippen LogP contribution in [0.5, 0.6) is 17.2 Å². The molecule has 2 aromatic carbocycles. The van der Waals surface area contributed by atoms with Gasteiger partial charge in [-0.1, -0.05) is 30.7 Å². The van der Waals surface area contributed by atoms with Gasteiger partial charge >= 0.3 is 0 Å². The Morgan fingerprint density at radius 1 is 0.975 bits per heavy atom. The van der Waals surface area contributed by atoms with E-state index in [4.69, 9.17) is 14.2 Å². The molecule has 218 valence electrons. The van der Waals surface area contributed by atoms with E-state index < -0.39 is 5.60 Å². The first-order chi connectivity index (χ1) is 19.3. The van der Waals surface area contributed by atoms with E-state index in [0.717, 1.165) is 37.8 Å². The fourth-order valence-electron chi connectivity index (χ4n) is 5.37. The maximum Gasteiger partial charge on any atom is 0.222 e. The summed E-state index contributed by atoms with van der Waals surface area (Å²) in [4.78, 5) is 30.2. The topological polar surface area (TPSA) is 91.8 Å². The van der Waals surface area contributed by atoms with Crippen molar-refractivity contribution < 1.29 is 28.9 Å². The summed E-state index contributed by atoms with van der Waals surface area (Å²) in [5, 5.41) is 11.5. The second-order valence-corrected chi connectivity index (χ2v) is 10.9. The third kappa shape index (κ3) is 8.60. The average molecular weight is 554 g/mol. The monoisotopic (exact) mass is 553 g/mol. The number of β-amino-alcohol motifs (C(OH)–C–C–N with tert-alkyl or cyclic N) is 1. The van der Waals surface area contributed by atoms with E-state index in [0.29, 0.717) is 63.0 Å². The highest BCUT2D eigenvalue weighted by Gasteiger charge is 2.37. The first-order valence-corrected chi connectivity index (χ1v) is 14.3. The zero-order chi connectivity index (χ0) is 28.4. The van der Waals surface area contributed by atoms with E-state index in [1.54, 1.807) is 12.0 Å². The van der Waals surface area contributed by atoms with Crippen LogP contribution in [0.2, 0.25) is 0 Å². The zero-order valence-corrected chi connectivity index (χ0v) is 23.8. The quantitative estimate of drug-likeness (QED) is 0.427. The zero-order valence-electron chi connectivity index (χ0n) is 23.8. The van der Waals surface area contributed by atoms with Crippen molar-refractivity contribution in [2.24, 2.45) is 0 Å². The van der Waals surface area contributed by atoms with Crippen LogP contribution in [-0.4, -0.2) is 96.8 Å². The van der Waals surface area contributed by atoms with Gasteiger partial charge in [-0.05, 0) is 49.1 Å². The molecule has 0 spiro atoms. The van der Waals surface area contributed by atoms with Crippen LogP contribution in [-0.2, 0) is 16.1 Å². The number of amides is 2. The number of carbonyl (C=O) groups excluding carboxylic acids is 2. The van der Waals surface area contributed by atoms with Crippen molar-refractivity contribution >= 4 is 11.8 Å². The molecule has 40 heavy (non-hydrogen) atoms. The van der Waals surface area contributed by atoms with Crippen LogP contribution >= 0.6 is 0 Å². The van der Waals surface area contributed by atoms with Gasteiger partial charge in [-0.15, -0.1) is 0 Å². The normalized spacial score (nSPS) is 20.5. The fourth-order valence-corrected chi connectivity index (χ4v) is 5.37. The van der Waals surface area contributed by atoms with Gasteiger partial charge in [-0.3, -0.25) is 14.5 Å². The molecule has 2 fully saturated rings. The molecule has 1 atom stereocenters. The van der Waals surface area contributed by atoms with Gasteiger partial charge in [0, 0.05) is 52.6 Å². The number of hydrogen-bond acceptors (Lipinski definition) is 7. The largest absolute Gasteiger partial charge is 0.493 e. The van der Waals surface area contributed by atoms with E-state index in [-0.39, 0.29) is 25.0 Å². The van der Waals surface area contributed by atoms with Crippen molar-refractivity contribution in [1.29, 1.82) is 0 Å². The Balaban J connectivity index is 1.35. The molecule has 9 nitrogen and oxygen atoms in total. The Bertz CT molecular complexity index is 1110. The maximum absolute atomic E-state index is 12.2. The number of nitrogens with zero attached hydrogens (tertiary/aromatic N) is 3. The summed E-state index contributed by atoms with van der Waals surface area (Å²) < 4.78 is 17.6. The lowest BCUT2D eigenvalue weighted by Crippen LogP contribution is -2.51. The van der Waals surface area contributed by atoms with E-state index in [1.165, 1.54) is 6.92 Å². The van der Waals surface area contributed by atoms with Gasteiger partial charge in [-0.25, -0.2) is 0 Å². The van der Waals surface area contributed by atoms with Crippen molar-refractivity contribution in [3.63, 3.8) is 0 Å². The summed E-state index contributed by atoms with van der Waals surface area (Å²) in [6.45, 7) is 5.97. The number of rotatable bonds is 11. The number of likely N-dealkylation sites (tertiary alicyclic amines) is 1. The van der Waals surface area contributed by atoms with Crippen molar-refractivity contribution in [2.45, 2.75) is 51.2 Å². The van der Waals surface area contributed by atoms with Crippen molar-refractivity contribution in [3.8, 4) is 17.2 Å². The van der Waals surface area contributed by atoms with Gasteiger partial charge in [0.1, 0.15) is 18.0 Å². The number of methoxy groups -OCH3 is 1. The van der Waals surface area contributed by atoms with Crippen molar-refractivity contribution in [3.05, 3.63) is 54.1 Å². The lowest BCUT2D eigenvalue weighted by atomic mass is 10.0. The van der Waals surface area contributed by atoms with Crippen LogP contribution in [0.3, 0.4) is 0 Å². The van der Waals surface area contributed by atoms with E-state index >= 15 is 0 Å². The lowest BCUT2D eigenvalue weighted by molar-refractivity contribution is -0.132. The van der Waals surface area contributed by atoms with Crippen molar-refractivity contribution in [2.75, 3.05) is 59.6 Å². The number of hydrogen-bond donors (Lipinski definition) is 1. The number of carbonyl (C=O) groups is 2. The van der Waals surface area contributed by atoms with Crippen LogP contribution in [0, 0.1) is 0 Å². The minimum absolute atomic E-state index is 0.0663. The predicted octanol–water partition coefficient (Wildman–Crippen LogP) is 3.34. The Labute approximate surface area is 237 Å². The van der Waals surface area contributed by atoms with E-state index in [2.05, 4.69) is 4.90 Å². The van der Waals surface area contributed by atoms with Crippen LogP contribution in [0.1, 0.15) is 44.6 Å². The standard InChI is InChI=1S/C31H43N3O6/c1-25(35)34-18-17-32(22-31(37,23-34)24-40-27-10-5-3-6-11-27)21-26-13-14-28(29(20-26)38-2)39-19-9-16-33-15-8-4-7-12-30(33)36/h3,5-6,10-11,13-14,20,37H,4,7-9,12,15-19,21-24H2,1-2H3/t31-/m0/s1. The molecule has 0 aromatic heterocycles. The maximum atomic E-state index is 12.2. The lowest BCUT2D eigenvalue weighted by Gasteiger charge is -2.32. The van der Waals surface area contributed by atoms with Gasteiger partial charge in [-0.2, -0.15) is 0 Å². The molecule has 0 radical (unpaired) electrons. The van der Waals surface area contributed by atoms with E-state index in [1.807, 2.05) is 53.4 Å². The molecule has 4 rings (SSSR count). The minimum atomic E-state index is -1.22. The smallest absolute Gasteiger partial charge is 0.222 e. The van der Waals surface area contributed by atoms with Gasteiger partial charge < -0.3 is 29.1 Å². The number of benzene rings is 2. The highest BCUT2D eigenvalue weighted by atomic mass is 16.5. The Kier molecular flexibility index (Phi) is 10.7. The van der Waals surface area contributed by atoms with Crippen LogP contribution < -0.4 is 14.2 Å². The molecule has 2 saturated heterocycles. The fraction of sp³-hybridized carbons (Fsp3) is 0.548. The minimum Gasteiger partial charge on any atom is -0.493 e. The molecule has 1 N–H and O–H groups in total. The molecular formula is C31H43N3O6. The highest BCUT2D eigenvalue weighted by molar-refractivity contribution is 5.76. The van der Waals surface area contributed by atoms with Crippen LogP contribution in [0.25, 0.3) is 0 Å². The third-order valence-corrected chi connectivity index (χ3v) is 7.52. The summed E-state index contributed by atoms with van der Waals surface area (Å²) >= 11 is 0. The number of aliphatic hydroxyl groups is 1. The van der Waals surface area contributed by atoms with Crippen molar-refractivity contribution in [1.82, 2.24) is 14.7 Å². The molecule has 0 aliphatic carbocycles. The third-order valence-electron chi connectivity index (χ3n) is 7.52. The summed E-state index contributed by atoms with van der Waals surface area (Å²) in [5.74, 6) is 2.17. The van der Waals surface area contributed by atoms with Gasteiger partial charge in [0.2, 0.25) is 11.8 Å². The Hall–Kier alpha value is -3.30. The number of para-hydroxylation sites is 1. The van der Waals surface area contributed by atoms with Gasteiger partial charge in [0.15, 0.2) is 11.5 Å².